The summed E-state index contributed by atoms with van der Waals surface area (Å²) >= 11 is 0. The maximum Gasteiger partial charge on any atom is 0.277 e. The number of fused-ring (bicyclic) bond motifs is 1. The lowest BCUT2D eigenvalue weighted by molar-refractivity contribution is 0.178. The molecule has 0 aliphatic heterocycles. The third kappa shape index (κ3) is 3.10. The smallest absolute Gasteiger partial charge is 0.277 e. The molecule has 1 unspecified atom stereocenters. The van der Waals surface area contributed by atoms with Gasteiger partial charge in [0, 0.05) is 24.5 Å². The first-order valence-electron chi connectivity index (χ1n) is 9.31. The van der Waals surface area contributed by atoms with Crippen molar-refractivity contribution < 1.29 is 0 Å². The molecule has 4 rings (SSSR count). The Labute approximate surface area is 153 Å². The van der Waals surface area contributed by atoms with Crippen molar-refractivity contribution in [3.05, 3.63) is 81.9 Å². The van der Waals surface area contributed by atoms with Gasteiger partial charge in [-0.15, -0.1) is 0 Å². The first-order chi connectivity index (χ1) is 12.8. The van der Waals surface area contributed by atoms with Crippen LogP contribution in [0.4, 0.5) is 0 Å². The van der Waals surface area contributed by atoms with Gasteiger partial charge in [0.25, 0.3) is 5.56 Å². The van der Waals surface area contributed by atoms with Crippen molar-refractivity contribution in [1.82, 2.24) is 19.7 Å². The molecule has 0 saturated heterocycles. The SMILES string of the molecule is CCN(Cc1ccccc1)C1CCCc2[nH]n(-c3ccccn3)c(=O)c21. The van der Waals surface area contributed by atoms with Gasteiger partial charge in [0.05, 0.1) is 5.56 Å². The van der Waals surface area contributed by atoms with Crippen LogP contribution in [0.2, 0.25) is 0 Å². The van der Waals surface area contributed by atoms with E-state index in [1.165, 1.54) is 5.56 Å². The monoisotopic (exact) mass is 348 g/mol. The summed E-state index contributed by atoms with van der Waals surface area (Å²) in [5, 5.41) is 3.31. The Kier molecular flexibility index (Phi) is 4.71. The minimum Gasteiger partial charge on any atom is -0.293 e. The van der Waals surface area contributed by atoms with Gasteiger partial charge in [0.15, 0.2) is 5.82 Å². The molecule has 1 atom stereocenters. The molecular weight excluding hydrogens is 324 g/mol. The second-order valence-corrected chi connectivity index (χ2v) is 6.79. The van der Waals surface area contributed by atoms with E-state index >= 15 is 0 Å². The molecule has 0 bridgehead atoms. The van der Waals surface area contributed by atoms with Crippen molar-refractivity contribution in [3.8, 4) is 5.82 Å². The van der Waals surface area contributed by atoms with Crippen LogP contribution >= 0.6 is 0 Å². The van der Waals surface area contributed by atoms with Gasteiger partial charge in [-0.2, -0.15) is 0 Å². The van der Waals surface area contributed by atoms with Gasteiger partial charge in [-0.1, -0.05) is 43.3 Å². The van der Waals surface area contributed by atoms with E-state index in [1.54, 1.807) is 10.9 Å². The fourth-order valence-electron chi connectivity index (χ4n) is 3.92. The second kappa shape index (κ2) is 7.30. The molecule has 3 aromatic rings. The molecule has 0 amide bonds. The normalized spacial score (nSPS) is 16.6. The third-order valence-corrected chi connectivity index (χ3v) is 5.20. The summed E-state index contributed by atoms with van der Waals surface area (Å²) in [7, 11) is 0. The lowest BCUT2D eigenvalue weighted by Crippen LogP contribution is -2.34. The number of nitrogens with zero attached hydrogens (tertiary/aromatic N) is 3. The van der Waals surface area contributed by atoms with Gasteiger partial charge in [0.1, 0.15) is 0 Å². The molecule has 1 N–H and O–H groups in total. The number of hydrogen-bond acceptors (Lipinski definition) is 3. The maximum atomic E-state index is 13.2. The number of H-pyrrole nitrogens is 1. The van der Waals surface area contributed by atoms with Crippen LogP contribution in [0.25, 0.3) is 5.82 Å². The van der Waals surface area contributed by atoms with Crippen molar-refractivity contribution >= 4 is 0 Å². The average Bonchev–Trinajstić information content (AvgIpc) is 3.04. The summed E-state index contributed by atoms with van der Waals surface area (Å²) in [4.78, 5) is 19.9. The zero-order valence-electron chi connectivity index (χ0n) is 15.1. The molecular formula is C21H24N4O. The maximum absolute atomic E-state index is 13.2. The van der Waals surface area contributed by atoms with Crippen LogP contribution in [0, 0.1) is 0 Å². The van der Waals surface area contributed by atoms with Gasteiger partial charge in [-0.25, -0.2) is 9.67 Å². The Morgan fingerprint density at radius 2 is 2.00 bits per heavy atom. The minimum absolute atomic E-state index is 0.0370. The Bertz CT molecular complexity index is 914. The molecule has 0 spiro atoms. The van der Waals surface area contributed by atoms with Gasteiger partial charge in [0.2, 0.25) is 0 Å². The topological polar surface area (TPSA) is 53.9 Å². The number of aromatic nitrogens is 3. The Morgan fingerprint density at radius 1 is 1.19 bits per heavy atom. The molecule has 2 heterocycles. The van der Waals surface area contributed by atoms with Gasteiger partial charge < -0.3 is 0 Å². The minimum atomic E-state index is 0.0370. The molecule has 134 valence electrons. The van der Waals surface area contributed by atoms with Crippen LogP contribution in [-0.2, 0) is 13.0 Å². The van der Waals surface area contributed by atoms with E-state index in [-0.39, 0.29) is 11.6 Å². The highest BCUT2D eigenvalue weighted by atomic mass is 16.1. The predicted octanol–water partition coefficient (Wildman–Crippen LogP) is 3.46. The fourth-order valence-corrected chi connectivity index (χ4v) is 3.92. The van der Waals surface area contributed by atoms with E-state index in [1.807, 2.05) is 24.3 Å². The first kappa shape index (κ1) is 16.8. The number of aromatic amines is 1. The van der Waals surface area contributed by atoms with Gasteiger partial charge in [-0.3, -0.25) is 14.8 Å². The van der Waals surface area contributed by atoms with E-state index in [2.05, 4.69) is 46.2 Å². The predicted molar refractivity (Wildman–Crippen MR) is 102 cm³/mol. The lowest BCUT2D eigenvalue weighted by Gasteiger charge is -2.33. The summed E-state index contributed by atoms with van der Waals surface area (Å²) in [6, 6.07) is 16.2. The number of pyridine rings is 1. The van der Waals surface area contributed by atoms with Crippen LogP contribution < -0.4 is 5.56 Å². The quantitative estimate of drug-likeness (QED) is 0.768. The standard InChI is InChI=1S/C21H24N4O/c1-2-24(15-16-9-4-3-5-10-16)18-12-8-11-17-20(18)21(26)25(23-17)19-13-6-7-14-22-19/h3-7,9-10,13-14,18,23H,2,8,11-12,15H2,1H3. The van der Waals surface area contributed by atoms with Crippen LogP contribution in [0.3, 0.4) is 0 Å². The molecule has 1 aliphatic carbocycles. The van der Waals surface area contributed by atoms with E-state index in [0.29, 0.717) is 5.82 Å². The van der Waals surface area contributed by atoms with Crippen molar-refractivity contribution in [1.29, 1.82) is 0 Å². The second-order valence-electron chi connectivity index (χ2n) is 6.79. The molecule has 26 heavy (non-hydrogen) atoms. The van der Waals surface area contributed by atoms with Crippen molar-refractivity contribution in [2.24, 2.45) is 0 Å². The lowest BCUT2D eigenvalue weighted by atomic mass is 9.91. The molecule has 0 radical (unpaired) electrons. The zero-order chi connectivity index (χ0) is 17.9. The zero-order valence-corrected chi connectivity index (χ0v) is 15.1. The molecule has 5 nitrogen and oxygen atoms in total. The largest absolute Gasteiger partial charge is 0.293 e. The van der Waals surface area contributed by atoms with Gasteiger partial charge >= 0.3 is 0 Å². The first-order valence-corrected chi connectivity index (χ1v) is 9.31. The number of rotatable bonds is 5. The van der Waals surface area contributed by atoms with Gasteiger partial charge in [-0.05, 0) is 43.5 Å². The molecule has 0 fully saturated rings. The molecule has 1 aliphatic rings. The highest BCUT2D eigenvalue weighted by molar-refractivity contribution is 5.30. The number of benzene rings is 1. The summed E-state index contributed by atoms with van der Waals surface area (Å²) in [5.74, 6) is 0.650. The fraction of sp³-hybridized carbons (Fsp3) is 0.333. The Morgan fingerprint density at radius 3 is 2.73 bits per heavy atom. The summed E-state index contributed by atoms with van der Waals surface area (Å²) in [6.07, 6.45) is 4.74. The van der Waals surface area contributed by atoms with Crippen molar-refractivity contribution in [2.45, 2.75) is 38.8 Å². The number of aryl methyl sites for hydroxylation is 1. The highest BCUT2D eigenvalue weighted by Crippen LogP contribution is 2.32. The molecule has 2 aromatic heterocycles. The van der Waals surface area contributed by atoms with Crippen LogP contribution in [0.15, 0.2) is 59.5 Å². The molecule has 1 aromatic carbocycles. The highest BCUT2D eigenvalue weighted by Gasteiger charge is 2.31. The van der Waals surface area contributed by atoms with E-state index in [9.17, 15) is 4.79 Å². The number of nitrogens with one attached hydrogen (secondary N) is 1. The summed E-state index contributed by atoms with van der Waals surface area (Å²) in [5.41, 5.74) is 3.29. The molecule has 5 heteroatoms. The summed E-state index contributed by atoms with van der Waals surface area (Å²) in [6.45, 7) is 3.93. The third-order valence-electron chi connectivity index (χ3n) is 5.20. The number of hydrogen-bond donors (Lipinski definition) is 1. The average molecular weight is 348 g/mol. The van der Waals surface area contributed by atoms with Crippen molar-refractivity contribution in [3.63, 3.8) is 0 Å². The van der Waals surface area contributed by atoms with Crippen molar-refractivity contribution in [2.75, 3.05) is 6.54 Å². The van der Waals surface area contributed by atoms with E-state index < -0.39 is 0 Å². The Balaban J connectivity index is 1.70. The van der Waals surface area contributed by atoms with Crippen LogP contribution in [0.5, 0.6) is 0 Å². The van der Waals surface area contributed by atoms with Crippen LogP contribution in [0.1, 0.15) is 42.6 Å². The van der Waals surface area contributed by atoms with Crippen LogP contribution in [-0.4, -0.2) is 26.2 Å². The van der Waals surface area contributed by atoms with E-state index in [4.69, 9.17) is 0 Å². The Hall–Kier alpha value is -2.66. The van der Waals surface area contributed by atoms with E-state index in [0.717, 1.165) is 43.6 Å². The summed E-state index contributed by atoms with van der Waals surface area (Å²) < 4.78 is 1.60. The molecule has 0 saturated carbocycles.